The summed E-state index contributed by atoms with van der Waals surface area (Å²) in [6, 6.07) is 2.43. The van der Waals surface area contributed by atoms with E-state index in [0.717, 1.165) is 30.0 Å². The number of amides is 1. The standard InChI is InChI=1S/C29H30F5N5O2S/c1-6-23(40)39-15(2)11-37(12-16(39)3)27-20-10-21(29(32,33)34)24(19-8-7-17(30)9-22(19)31)26-25(20)38(28(41)35-27)13-18(14-42-26)36(4)5/h6-10,15-16,18H,1,11-14H2,2-5H3. The summed E-state index contributed by atoms with van der Waals surface area (Å²) in [4.78, 5) is 35.7. The highest BCUT2D eigenvalue weighted by atomic mass is 32.2. The van der Waals surface area contributed by atoms with Crippen molar-refractivity contribution < 1.29 is 26.7 Å². The van der Waals surface area contributed by atoms with Gasteiger partial charge in [-0.1, -0.05) is 6.58 Å². The molecule has 0 bridgehead atoms. The maximum absolute atomic E-state index is 15.2. The van der Waals surface area contributed by atoms with Gasteiger partial charge in [-0.3, -0.25) is 9.36 Å². The normalized spacial score (nSPS) is 21.1. The van der Waals surface area contributed by atoms with E-state index < -0.39 is 40.2 Å². The molecule has 0 radical (unpaired) electrons. The Morgan fingerprint density at radius 3 is 2.36 bits per heavy atom. The first-order valence-corrected chi connectivity index (χ1v) is 14.3. The van der Waals surface area contributed by atoms with Gasteiger partial charge in [0.25, 0.3) is 0 Å². The molecular formula is C29H30F5N5O2S. The van der Waals surface area contributed by atoms with E-state index in [1.807, 2.05) is 4.90 Å². The third kappa shape index (κ3) is 5.17. The van der Waals surface area contributed by atoms with E-state index in [0.29, 0.717) is 11.8 Å². The van der Waals surface area contributed by atoms with Crippen molar-refractivity contribution in [3.05, 3.63) is 64.6 Å². The van der Waals surface area contributed by atoms with Crippen LogP contribution in [0.2, 0.25) is 0 Å². The third-order valence-electron chi connectivity index (χ3n) is 7.90. The molecule has 3 heterocycles. The number of piperazine rings is 1. The molecule has 2 aliphatic heterocycles. The molecule has 3 atom stereocenters. The first-order chi connectivity index (χ1) is 19.7. The van der Waals surface area contributed by atoms with Crippen LogP contribution in [-0.2, 0) is 17.5 Å². The van der Waals surface area contributed by atoms with Crippen molar-refractivity contribution in [3.63, 3.8) is 0 Å². The second-order valence-corrected chi connectivity index (χ2v) is 12.0. The summed E-state index contributed by atoms with van der Waals surface area (Å²) in [6.07, 6.45) is -3.70. The zero-order chi connectivity index (χ0) is 30.7. The lowest BCUT2D eigenvalue weighted by Gasteiger charge is -2.44. The van der Waals surface area contributed by atoms with Gasteiger partial charge in [0, 0.05) is 71.0 Å². The number of benzene rings is 2. The van der Waals surface area contributed by atoms with E-state index in [4.69, 9.17) is 0 Å². The van der Waals surface area contributed by atoms with Crippen LogP contribution in [0, 0.1) is 11.6 Å². The summed E-state index contributed by atoms with van der Waals surface area (Å²) in [5.41, 5.74) is -2.39. The molecule has 3 aromatic rings. The van der Waals surface area contributed by atoms with Crippen molar-refractivity contribution in [2.24, 2.45) is 0 Å². The van der Waals surface area contributed by atoms with Crippen LogP contribution in [0.15, 0.2) is 46.6 Å². The van der Waals surface area contributed by atoms with Gasteiger partial charge in [0.15, 0.2) is 0 Å². The molecule has 7 nitrogen and oxygen atoms in total. The molecule has 42 heavy (non-hydrogen) atoms. The number of rotatable bonds is 4. The van der Waals surface area contributed by atoms with Crippen molar-refractivity contribution in [2.45, 2.75) is 49.6 Å². The van der Waals surface area contributed by atoms with Crippen LogP contribution < -0.4 is 10.6 Å². The van der Waals surface area contributed by atoms with Gasteiger partial charge in [-0.25, -0.2) is 13.6 Å². The number of anilines is 1. The molecule has 1 saturated heterocycles. The number of halogens is 5. The lowest BCUT2D eigenvalue weighted by Crippen LogP contribution is -2.58. The number of likely N-dealkylation sites (N-methyl/N-ethyl adjacent to an activating group) is 1. The van der Waals surface area contributed by atoms with Crippen LogP contribution in [-0.4, -0.2) is 76.3 Å². The summed E-state index contributed by atoms with van der Waals surface area (Å²) in [5, 5.41) is 0.0954. The molecule has 1 fully saturated rings. The fraction of sp³-hybridized carbons (Fsp3) is 0.414. The molecule has 13 heteroatoms. The number of hydrogen-bond donors (Lipinski definition) is 0. The Bertz CT molecular complexity index is 1630. The van der Waals surface area contributed by atoms with E-state index in [2.05, 4.69) is 11.6 Å². The first kappa shape index (κ1) is 30.0. The third-order valence-corrected chi connectivity index (χ3v) is 9.13. The Labute approximate surface area is 243 Å². The number of alkyl halides is 3. The number of carbonyl (C=O) groups is 1. The SMILES string of the molecule is C=CC(=O)N1C(C)CN(c2nc(=O)n3c4c(c(-c5ccc(F)cc5F)c(C(F)(F)F)cc24)SCC(N(C)C)C3)CC1C. The monoisotopic (exact) mass is 607 g/mol. The Morgan fingerprint density at radius 1 is 1.12 bits per heavy atom. The summed E-state index contributed by atoms with van der Waals surface area (Å²) >= 11 is 1.10. The molecule has 2 aromatic carbocycles. The van der Waals surface area contributed by atoms with Gasteiger partial charge >= 0.3 is 11.9 Å². The van der Waals surface area contributed by atoms with E-state index >= 15 is 4.39 Å². The van der Waals surface area contributed by atoms with E-state index in [-0.39, 0.29) is 65.3 Å². The molecule has 0 saturated carbocycles. The smallest absolute Gasteiger partial charge is 0.352 e. The zero-order valence-electron chi connectivity index (χ0n) is 23.5. The molecule has 1 aromatic heterocycles. The van der Waals surface area contributed by atoms with Gasteiger partial charge < -0.3 is 14.7 Å². The average Bonchev–Trinajstić information content (AvgIpc) is 3.11. The molecule has 224 valence electrons. The fourth-order valence-corrected chi connectivity index (χ4v) is 7.40. The minimum absolute atomic E-state index is 0.0671. The van der Waals surface area contributed by atoms with Crippen LogP contribution in [0.5, 0.6) is 0 Å². The first-order valence-electron chi connectivity index (χ1n) is 13.4. The van der Waals surface area contributed by atoms with Crippen LogP contribution in [0.25, 0.3) is 22.0 Å². The topological polar surface area (TPSA) is 61.7 Å². The molecule has 3 unspecified atom stereocenters. The van der Waals surface area contributed by atoms with Gasteiger partial charge in [0.1, 0.15) is 17.5 Å². The summed E-state index contributed by atoms with van der Waals surface area (Å²) < 4.78 is 74.7. The predicted molar refractivity (Wildman–Crippen MR) is 153 cm³/mol. The lowest BCUT2D eigenvalue weighted by molar-refractivity contribution is -0.137. The molecular weight excluding hydrogens is 577 g/mol. The van der Waals surface area contributed by atoms with Crippen molar-refractivity contribution in [1.29, 1.82) is 0 Å². The minimum Gasteiger partial charge on any atom is -0.352 e. The minimum atomic E-state index is -4.91. The fourth-order valence-electron chi connectivity index (χ4n) is 5.92. The Morgan fingerprint density at radius 2 is 1.79 bits per heavy atom. The van der Waals surface area contributed by atoms with Crippen molar-refractivity contribution in [3.8, 4) is 11.1 Å². The van der Waals surface area contributed by atoms with Gasteiger partial charge in [-0.2, -0.15) is 18.2 Å². The van der Waals surface area contributed by atoms with Crippen molar-refractivity contribution >= 4 is 34.4 Å². The van der Waals surface area contributed by atoms with Gasteiger partial charge in [-0.15, -0.1) is 11.8 Å². The highest BCUT2D eigenvalue weighted by molar-refractivity contribution is 7.99. The summed E-state index contributed by atoms with van der Waals surface area (Å²) in [7, 11) is 3.61. The number of aromatic nitrogens is 2. The Balaban J connectivity index is 1.84. The van der Waals surface area contributed by atoms with Gasteiger partial charge in [-0.05, 0) is 52.2 Å². The molecule has 0 N–H and O–H groups in total. The van der Waals surface area contributed by atoms with Crippen molar-refractivity contribution in [1.82, 2.24) is 19.4 Å². The maximum Gasteiger partial charge on any atom is 0.417 e. The van der Waals surface area contributed by atoms with Crippen LogP contribution in [0.4, 0.5) is 27.8 Å². The van der Waals surface area contributed by atoms with Crippen LogP contribution >= 0.6 is 11.8 Å². The van der Waals surface area contributed by atoms with E-state index in [9.17, 15) is 27.2 Å². The highest BCUT2D eigenvalue weighted by Gasteiger charge is 2.40. The Kier molecular flexibility index (Phi) is 7.86. The van der Waals surface area contributed by atoms with E-state index in [1.54, 1.807) is 37.7 Å². The largest absolute Gasteiger partial charge is 0.417 e. The maximum atomic E-state index is 15.2. The second kappa shape index (κ2) is 11.0. The number of thioether (sulfide) groups is 1. The number of nitrogens with zero attached hydrogens (tertiary/aromatic N) is 5. The predicted octanol–water partition coefficient (Wildman–Crippen LogP) is 5.01. The number of carbonyl (C=O) groups excluding carboxylic acids is 1. The molecule has 1 amide bonds. The lowest BCUT2D eigenvalue weighted by atomic mass is 9.95. The van der Waals surface area contributed by atoms with Gasteiger partial charge in [0.05, 0.1) is 11.1 Å². The zero-order valence-corrected chi connectivity index (χ0v) is 24.3. The van der Waals surface area contributed by atoms with Crippen LogP contribution in [0.1, 0.15) is 19.4 Å². The number of hydrogen-bond acceptors (Lipinski definition) is 6. The Hall–Kier alpha value is -3.45. The average molecular weight is 608 g/mol. The molecule has 0 spiro atoms. The van der Waals surface area contributed by atoms with Crippen molar-refractivity contribution in [2.75, 3.05) is 37.8 Å². The summed E-state index contributed by atoms with van der Waals surface area (Å²) in [6.45, 7) is 7.75. The molecule has 0 aliphatic carbocycles. The van der Waals surface area contributed by atoms with E-state index in [1.165, 1.54) is 10.6 Å². The van der Waals surface area contributed by atoms with Crippen LogP contribution in [0.3, 0.4) is 0 Å². The second-order valence-electron chi connectivity index (χ2n) is 11.0. The molecule has 5 rings (SSSR count). The summed E-state index contributed by atoms with van der Waals surface area (Å²) in [5.74, 6) is -1.95. The quantitative estimate of drug-likeness (QED) is 0.307. The highest BCUT2D eigenvalue weighted by Crippen LogP contribution is 2.49. The molecule has 2 aliphatic rings. The van der Waals surface area contributed by atoms with Gasteiger partial charge in [0.2, 0.25) is 5.91 Å².